The first-order chi connectivity index (χ1) is 18.6. The van der Waals surface area contributed by atoms with E-state index in [0.29, 0.717) is 27.6 Å². The number of nitrogens with one attached hydrogen (secondary N) is 1. The number of halogens is 4. The quantitative estimate of drug-likeness (QED) is 0.155. The highest BCUT2D eigenvalue weighted by Crippen LogP contribution is 2.39. The summed E-state index contributed by atoms with van der Waals surface area (Å²) in [5.74, 6) is -1.85. The van der Waals surface area contributed by atoms with Crippen molar-refractivity contribution >= 4 is 45.8 Å². The van der Waals surface area contributed by atoms with Crippen LogP contribution in [0.1, 0.15) is 22.3 Å². The van der Waals surface area contributed by atoms with E-state index in [1.807, 2.05) is 0 Å². The van der Waals surface area contributed by atoms with Crippen LogP contribution in [0.5, 0.6) is 0 Å². The number of carboxylic acids is 1. The number of aliphatic carboxylic acids is 1. The largest absolute Gasteiger partial charge is 0.481 e. The first kappa shape index (κ1) is 28.1. The van der Waals surface area contributed by atoms with Crippen molar-refractivity contribution in [2.75, 3.05) is 11.4 Å². The lowest BCUT2D eigenvalue weighted by molar-refractivity contribution is -0.136. The number of alkyl halides is 3. The smallest absolute Gasteiger partial charge is 0.446 e. The van der Waals surface area contributed by atoms with Crippen molar-refractivity contribution in [3.05, 3.63) is 95.1 Å². The number of carbonyl (C=O) groups is 2. The fraction of sp³-hybridized carbons (Fsp3) is 0.148. The molecule has 202 valence electrons. The number of benzene rings is 3. The maximum absolute atomic E-state index is 14.4. The molecule has 2 N–H and O–H groups in total. The van der Waals surface area contributed by atoms with E-state index in [2.05, 4.69) is 10.3 Å². The SMILES string of the molecule is O=C(O)CCNC(=O)c1ccc(CN(c2ccc(SC(F)(F)F)cc2)c2nc(-c3ccccc3F)cs2)cc1. The number of nitrogens with zero attached hydrogens (tertiary/aromatic N) is 2. The molecular weight excluding hydrogens is 554 g/mol. The number of hydrogen-bond donors (Lipinski definition) is 2. The third-order valence-corrected chi connectivity index (χ3v) is 7.04. The Bertz CT molecular complexity index is 1440. The normalized spacial score (nSPS) is 11.3. The number of anilines is 2. The molecule has 3 aromatic carbocycles. The molecule has 0 atom stereocenters. The van der Waals surface area contributed by atoms with E-state index in [9.17, 15) is 27.2 Å². The molecule has 0 aliphatic heterocycles. The number of aromatic nitrogens is 1. The van der Waals surface area contributed by atoms with Crippen LogP contribution in [-0.2, 0) is 11.3 Å². The zero-order chi connectivity index (χ0) is 28.0. The fourth-order valence-electron chi connectivity index (χ4n) is 3.61. The summed E-state index contributed by atoms with van der Waals surface area (Å²) < 4.78 is 52.8. The van der Waals surface area contributed by atoms with Crippen molar-refractivity contribution in [3.8, 4) is 11.3 Å². The molecule has 6 nitrogen and oxygen atoms in total. The van der Waals surface area contributed by atoms with Crippen LogP contribution in [0.4, 0.5) is 28.4 Å². The summed E-state index contributed by atoms with van der Waals surface area (Å²) in [5, 5.41) is 13.5. The molecular formula is C27H21F4N3O3S2. The molecule has 4 rings (SSSR count). The van der Waals surface area contributed by atoms with Crippen LogP contribution in [0, 0.1) is 5.82 Å². The monoisotopic (exact) mass is 575 g/mol. The Kier molecular flexibility index (Phi) is 8.87. The van der Waals surface area contributed by atoms with Gasteiger partial charge in [-0.3, -0.25) is 9.59 Å². The maximum atomic E-state index is 14.4. The second-order valence-electron chi connectivity index (χ2n) is 8.22. The molecule has 0 aliphatic rings. The third-order valence-electron chi connectivity index (χ3n) is 5.44. The lowest BCUT2D eigenvalue weighted by Crippen LogP contribution is -2.26. The van der Waals surface area contributed by atoms with Crippen molar-refractivity contribution < 1.29 is 32.3 Å². The summed E-state index contributed by atoms with van der Waals surface area (Å²) in [4.78, 5) is 29.3. The summed E-state index contributed by atoms with van der Waals surface area (Å²) in [6.45, 7) is 0.262. The highest BCUT2D eigenvalue weighted by Gasteiger charge is 2.29. The molecule has 1 heterocycles. The van der Waals surface area contributed by atoms with E-state index in [0.717, 1.165) is 5.56 Å². The molecule has 0 saturated heterocycles. The molecule has 0 bridgehead atoms. The minimum absolute atomic E-state index is 0.000699. The van der Waals surface area contributed by atoms with E-state index in [1.54, 1.807) is 64.9 Å². The first-order valence-corrected chi connectivity index (χ1v) is 13.2. The Balaban J connectivity index is 1.59. The van der Waals surface area contributed by atoms with Gasteiger partial charge < -0.3 is 15.3 Å². The number of carboxylic acid groups (broad SMARTS) is 1. The standard InChI is InChI=1S/C27H21F4N3O3S2/c28-22-4-2-1-3-21(22)23-16-38-26(33-23)34(19-9-11-20(12-10-19)39-27(29,30)31)15-17-5-7-18(8-6-17)25(37)32-14-13-24(35)36/h1-12,16H,13-15H2,(H,32,37)(H,35,36). The first-order valence-electron chi connectivity index (χ1n) is 11.5. The van der Waals surface area contributed by atoms with Crippen molar-refractivity contribution in [1.82, 2.24) is 10.3 Å². The number of rotatable bonds is 10. The number of hydrogen-bond acceptors (Lipinski definition) is 6. The van der Waals surface area contributed by atoms with Gasteiger partial charge in [-0.25, -0.2) is 9.37 Å². The number of amides is 1. The van der Waals surface area contributed by atoms with Crippen LogP contribution in [0.25, 0.3) is 11.3 Å². The summed E-state index contributed by atoms with van der Waals surface area (Å²) >= 11 is 1.05. The maximum Gasteiger partial charge on any atom is 0.446 e. The molecule has 1 aromatic heterocycles. The zero-order valence-electron chi connectivity index (χ0n) is 20.1. The molecule has 1 amide bonds. The van der Waals surface area contributed by atoms with Crippen LogP contribution in [0.2, 0.25) is 0 Å². The van der Waals surface area contributed by atoms with E-state index in [-0.39, 0.29) is 36.2 Å². The average Bonchev–Trinajstić information content (AvgIpc) is 3.37. The fourth-order valence-corrected chi connectivity index (χ4v) is 4.99. The minimum Gasteiger partial charge on any atom is -0.481 e. The predicted molar refractivity (Wildman–Crippen MR) is 143 cm³/mol. The highest BCUT2D eigenvalue weighted by molar-refractivity contribution is 8.00. The van der Waals surface area contributed by atoms with Gasteiger partial charge in [0.1, 0.15) is 5.82 Å². The van der Waals surface area contributed by atoms with Crippen LogP contribution in [0.15, 0.2) is 83.1 Å². The number of carbonyl (C=O) groups excluding carboxylic acids is 1. The van der Waals surface area contributed by atoms with Crippen molar-refractivity contribution in [2.45, 2.75) is 23.4 Å². The summed E-state index contributed by atoms with van der Waals surface area (Å²) in [6, 6.07) is 18.7. The molecule has 0 radical (unpaired) electrons. The molecule has 0 fully saturated rings. The molecule has 12 heteroatoms. The van der Waals surface area contributed by atoms with E-state index in [4.69, 9.17) is 5.11 Å². The van der Waals surface area contributed by atoms with Gasteiger partial charge in [0.05, 0.1) is 18.7 Å². The average molecular weight is 576 g/mol. The predicted octanol–water partition coefficient (Wildman–Crippen LogP) is 7.10. The van der Waals surface area contributed by atoms with Gasteiger partial charge in [-0.05, 0) is 65.9 Å². The van der Waals surface area contributed by atoms with Crippen molar-refractivity contribution in [1.29, 1.82) is 0 Å². The van der Waals surface area contributed by atoms with E-state index in [1.165, 1.54) is 29.5 Å². The highest BCUT2D eigenvalue weighted by atomic mass is 32.2. The summed E-state index contributed by atoms with van der Waals surface area (Å²) in [6.07, 6.45) is -0.193. The molecule has 0 saturated carbocycles. The van der Waals surface area contributed by atoms with Gasteiger partial charge in [0.15, 0.2) is 5.13 Å². The van der Waals surface area contributed by atoms with E-state index < -0.39 is 23.2 Å². The Hall–Kier alpha value is -3.90. The second kappa shape index (κ2) is 12.3. The van der Waals surface area contributed by atoms with E-state index >= 15 is 0 Å². The second-order valence-corrected chi connectivity index (χ2v) is 10.2. The van der Waals surface area contributed by atoms with Gasteiger partial charge in [0.25, 0.3) is 5.91 Å². The lowest BCUT2D eigenvalue weighted by atomic mass is 10.1. The Morgan fingerprint density at radius 3 is 2.33 bits per heavy atom. The number of thioether (sulfide) groups is 1. The van der Waals surface area contributed by atoms with Crippen molar-refractivity contribution in [3.63, 3.8) is 0 Å². The molecule has 0 spiro atoms. The zero-order valence-corrected chi connectivity index (χ0v) is 21.7. The van der Waals surface area contributed by atoms with Gasteiger partial charge in [0, 0.05) is 33.6 Å². The third kappa shape index (κ3) is 7.80. The van der Waals surface area contributed by atoms with Crippen LogP contribution >= 0.6 is 23.1 Å². The topological polar surface area (TPSA) is 82.5 Å². The minimum atomic E-state index is -4.41. The van der Waals surface area contributed by atoms with Gasteiger partial charge >= 0.3 is 11.5 Å². The van der Waals surface area contributed by atoms with Gasteiger partial charge in [-0.1, -0.05) is 24.3 Å². The Labute approximate surface area is 229 Å². The summed E-state index contributed by atoms with van der Waals surface area (Å²) in [7, 11) is 0. The molecule has 39 heavy (non-hydrogen) atoms. The van der Waals surface area contributed by atoms with Crippen LogP contribution in [0.3, 0.4) is 0 Å². The lowest BCUT2D eigenvalue weighted by Gasteiger charge is -2.23. The van der Waals surface area contributed by atoms with Crippen molar-refractivity contribution in [2.24, 2.45) is 0 Å². The van der Waals surface area contributed by atoms with Crippen LogP contribution in [-0.4, -0.2) is 34.0 Å². The van der Waals surface area contributed by atoms with Crippen LogP contribution < -0.4 is 10.2 Å². The van der Waals surface area contributed by atoms with Gasteiger partial charge in [-0.2, -0.15) is 13.2 Å². The number of thiazole rings is 1. The molecule has 4 aromatic rings. The Morgan fingerprint density at radius 2 is 1.69 bits per heavy atom. The Morgan fingerprint density at radius 1 is 1.00 bits per heavy atom. The van der Waals surface area contributed by atoms with Gasteiger partial charge in [0.2, 0.25) is 0 Å². The molecule has 0 aliphatic carbocycles. The summed E-state index contributed by atoms with van der Waals surface area (Å²) in [5.41, 5.74) is -1.96. The molecule has 0 unspecified atom stereocenters. The van der Waals surface area contributed by atoms with Gasteiger partial charge in [-0.15, -0.1) is 11.3 Å².